The Morgan fingerprint density at radius 2 is 1.96 bits per heavy atom. The highest BCUT2D eigenvalue weighted by Crippen LogP contribution is 2.25. The lowest BCUT2D eigenvalue weighted by Crippen LogP contribution is -2.31. The number of aryl methyl sites for hydroxylation is 1. The van der Waals surface area contributed by atoms with Crippen molar-refractivity contribution in [3.63, 3.8) is 0 Å². The fourth-order valence-electron chi connectivity index (χ4n) is 2.95. The molecule has 0 saturated carbocycles. The summed E-state index contributed by atoms with van der Waals surface area (Å²) >= 11 is 1.36. The van der Waals surface area contributed by atoms with Gasteiger partial charge in [-0.3, -0.25) is 4.79 Å². The maximum absolute atomic E-state index is 13.4. The van der Waals surface area contributed by atoms with E-state index >= 15 is 0 Å². The van der Waals surface area contributed by atoms with Gasteiger partial charge in [-0.25, -0.2) is 4.39 Å². The molecule has 7 heteroatoms. The van der Waals surface area contributed by atoms with Crippen LogP contribution in [0.4, 0.5) is 4.39 Å². The molecule has 1 heterocycles. The van der Waals surface area contributed by atoms with Crippen molar-refractivity contribution in [3.05, 3.63) is 65.5 Å². The molecule has 3 aromatic rings. The molecular formula is C21H23FN4OS. The summed E-state index contributed by atoms with van der Waals surface area (Å²) in [6.45, 7) is 4.90. The molecule has 146 valence electrons. The van der Waals surface area contributed by atoms with Crippen molar-refractivity contribution >= 4 is 17.7 Å². The van der Waals surface area contributed by atoms with Crippen molar-refractivity contribution in [1.29, 1.82) is 0 Å². The van der Waals surface area contributed by atoms with Gasteiger partial charge in [0.25, 0.3) is 0 Å². The number of hydrogen-bond donors (Lipinski definition) is 0. The number of carbonyl (C=O) groups is 1. The molecule has 0 unspecified atom stereocenters. The second kappa shape index (κ2) is 9.01. The van der Waals surface area contributed by atoms with Crippen LogP contribution in [-0.2, 0) is 18.4 Å². The first-order valence-corrected chi connectivity index (χ1v) is 10.1. The quantitative estimate of drug-likeness (QED) is 0.563. The Bertz CT molecular complexity index is 973. The zero-order valence-electron chi connectivity index (χ0n) is 16.2. The minimum atomic E-state index is -0.293. The zero-order chi connectivity index (χ0) is 20.1. The predicted molar refractivity (Wildman–Crippen MR) is 109 cm³/mol. The molecule has 2 aromatic carbocycles. The molecule has 0 N–H and O–H groups in total. The van der Waals surface area contributed by atoms with Crippen LogP contribution in [0.3, 0.4) is 0 Å². The molecule has 1 aromatic heterocycles. The Morgan fingerprint density at radius 3 is 2.68 bits per heavy atom. The lowest BCUT2D eigenvalue weighted by molar-refractivity contribution is -0.128. The topological polar surface area (TPSA) is 51.0 Å². The van der Waals surface area contributed by atoms with Gasteiger partial charge in [0.1, 0.15) is 5.82 Å². The number of benzene rings is 2. The third-order valence-electron chi connectivity index (χ3n) is 4.54. The van der Waals surface area contributed by atoms with E-state index in [2.05, 4.69) is 10.2 Å². The van der Waals surface area contributed by atoms with Crippen LogP contribution in [0.25, 0.3) is 11.4 Å². The fraction of sp³-hybridized carbons (Fsp3) is 0.286. The lowest BCUT2D eigenvalue weighted by Gasteiger charge is -2.20. The summed E-state index contributed by atoms with van der Waals surface area (Å²) in [5, 5.41) is 9.22. The van der Waals surface area contributed by atoms with E-state index in [1.54, 1.807) is 11.0 Å². The maximum Gasteiger partial charge on any atom is 0.233 e. The molecule has 28 heavy (non-hydrogen) atoms. The molecule has 0 aliphatic heterocycles. The van der Waals surface area contributed by atoms with Gasteiger partial charge in [0.05, 0.1) is 5.75 Å². The SMILES string of the molecule is CCN(Cc1cccc(F)c1)C(=O)CSc1nnc(-c2ccccc2C)n1C. The summed E-state index contributed by atoms with van der Waals surface area (Å²) in [5.41, 5.74) is 2.93. The summed E-state index contributed by atoms with van der Waals surface area (Å²) in [6, 6.07) is 14.3. The third-order valence-corrected chi connectivity index (χ3v) is 5.55. The van der Waals surface area contributed by atoms with Crippen molar-refractivity contribution in [2.45, 2.75) is 25.5 Å². The highest BCUT2D eigenvalue weighted by atomic mass is 32.2. The van der Waals surface area contributed by atoms with Crippen LogP contribution in [0.1, 0.15) is 18.1 Å². The minimum Gasteiger partial charge on any atom is -0.338 e. The van der Waals surface area contributed by atoms with E-state index in [0.717, 1.165) is 22.5 Å². The molecule has 0 bridgehead atoms. The largest absolute Gasteiger partial charge is 0.338 e. The first kappa shape index (κ1) is 20.1. The van der Waals surface area contributed by atoms with E-state index < -0.39 is 0 Å². The van der Waals surface area contributed by atoms with Crippen LogP contribution < -0.4 is 0 Å². The Balaban J connectivity index is 1.66. The van der Waals surface area contributed by atoms with Crippen LogP contribution in [0.15, 0.2) is 53.7 Å². The Kier molecular flexibility index (Phi) is 6.46. The monoisotopic (exact) mass is 398 g/mol. The third kappa shape index (κ3) is 4.59. The summed E-state index contributed by atoms with van der Waals surface area (Å²) in [4.78, 5) is 14.3. The van der Waals surface area contributed by atoms with Crippen molar-refractivity contribution in [3.8, 4) is 11.4 Å². The van der Waals surface area contributed by atoms with Gasteiger partial charge >= 0.3 is 0 Å². The van der Waals surface area contributed by atoms with Crippen molar-refractivity contribution in [1.82, 2.24) is 19.7 Å². The van der Waals surface area contributed by atoms with E-state index in [1.165, 1.54) is 23.9 Å². The van der Waals surface area contributed by atoms with Gasteiger partial charge in [0.2, 0.25) is 5.91 Å². The van der Waals surface area contributed by atoms with Crippen molar-refractivity contribution in [2.24, 2.45) is 7.05 Å². The second-order valence-corrected chi connectivity index (χ2v) is 7.45. The van der Waals surface area contributed by atoms with Crippen LogP contribution in [0, 0.1) is 12.7 Å². The number of amides is 1. The normalized spacial score (nSPS) is 10.9. The maximum atomic E-state index is 13.4. The Hall–Kier alpha value is -2.67. The number of carbonyl (C=O) groups excluding carboxylic acids is 1. The average Bonchev–Trinajstić information content (AvgIpc) is 3.05. The average molecular weight is 399 g/mol. The van der Waals surface area contributed by atoms with Gasteiger partial charge in [-0.05, 0) is 37.1 Å². The molecule has 3 rings (SSSR count). The number of nitrogens with zero attached hydrogens (tertiary/aromatic N) is 4. The minimum absolute atomic E-state index is 0.0165. The molecule has 0 atom stereocenters. The number of thioether (sulfide) groups is 1. The summed E-state index contributed by atoms with van der Waals surface area (Å²) < 4.78 is 15.3. The van der Waals surface area contributed by atoms with Crippen LogP contribution >= 0.6 is 11.8 Å². The van der Waals surface area contributed by atoms with E-state index in [-0.39, 0.29) is 17.5 Å². The van der Waals surface area contributed by atoms with Crippen LogP contribution in [0.5, 0.6) is 0 Å². The Morgan fingerprint density at radius 1 is 1.18 bits per heavy atom. The molecular weight excluding hydrogens is 375 g/mol. The number of aromatic nitrogens is 3. The van der Waals surface area contributed by atoms with Crippen LogP contribution in [-0.4, -0.2) is 37.9 Å². The molecule has 0 spiro atoms. The van der Waals surface area contributed by atoms with E-state index in [9.17, 15) is 9.18 Å². The van der Waals surface area contributed by atoms with Gasteiger partial charge in [-0.1, -0.05) is 48.2 Å². The number of rotatable bonds is 7. The molecule has 0 saturated heterocycles. The molecule has 5 nitrogen and oxygen atoms in total. The standard InChI is InChI=1S/C21H23FN4OS/c1-4-26(13-16-9-7-10-17(22)12-16)19(27)14-28-21-24-23-20(25(21)3)18-11-6-5-8-15(18)2/h5-12H,4,13-14H2,1-3H3. The van der Waals surface area contributed by atoms with E-state index in [1.807, 2.05) is 55.8 Å². The summed E-state index contributed by atoms with van der Waals surface area (Å²) in [5.74, 6) is 0.721. The molecule has 0 aliphatic rings. The first-order chi connectivity index (χ1) is 13.5. The van der Waals surface area contributed by atoms with Gasteiger partial charge in [-0.15, -0.1) is 10.2 Å². The van der Waals surface area contributed by atoms with Gasteiger partial charge in [-0.2, -0.15) is 0 Å². The predicted octanol–water partition coefficient (Wildman–Crippen LogP) is 4.07. The van der Waals surface area contributed by atoms with Crippen molar-refractivity contribution < 1.29 is 9.18 Å². The molecule has 1 amide bonds. The van der Waals surface area contributed by atoms with Gasteiger partial charge < -0.3 is 9.47 Å². The highest BCUT2D eigenvalue weighted by Gasteiger charge is 2.17. The smallest absolute Gasteiger partial charge is 0.233 e. The molecule has 0 aliphatic carbocycles. The van der Waals surface area contributed by atoms with Crippen molar-refractivity contribution in [2.75, 3.05) is 12.3 Å². The fourth-order valence-corrected chi connectivity index (χ4v) is 3.76. The zero-order valence-corrected chi connectivity index (χ0v) is 17.0. The molecule has 0 radical (unpaired) electrons. The lowest BCUT2D eigenvalue weighted by atomic mass is 10.1. The Labute approximate surface area is 168 Å². The first-order valence-electron chi connectivity index (χ1n) is 9.10. The number of halogens is 1. The molecule has 0 fully saturated rings. The highest BCUT2D eigenvalue weighted by molar-refractivity contribution is 7.99. The van der Waals surface area contributed by atoms with E-state index in [0.29, 0.717) is 18.2 Å². The van der Waals surface area contributed by atoms with E-state index in [4.69, 9.17) is 0 Å². The second-order valence-electron chi connectivity index (χ2n) is 6.51. The van der Waals surface area contributed by atoms with Crippen LogP contribution in [0.2, 0.25) is 0 Å². The summed E-state index contributed by atoms with van der Waals surface area (Å²) in [6.07, 6.45) is 0. The van der Waals surface area contributed by atoms with Gasteiger partial charge in [0, 0.05) is 25.7 Å². The summed E-state index contributed by atoms with van der Waals surface area (Å²) in [7, 11) is 1.90. The number of hydrogen-bond acceptors (Lipinski definition) is 4. The van der Waals surface area contributed by atoms with Gasteiger partial charge in [0.15, 0.2) is 11.0 Å².